The highest BCUT2D eigenvalue weighted by Gasteiger charge is 2.47. The first kappa shape index (κ1) is 23.8. The van der Waals surface area contributed by atoms with Gasteiger partial charge in [-0.3, -0.25) is 4.79 Å². The normalized spacial score (nSPS) is 20.2. The largest absolute Gasteiger partial charge is 0.450 e. The first-order valence-corrected chi connectivity index (χ1v) is 12.8. The zero-order chi connectivity index (χ0) is 24.6. The van der Waals surface area contributed by atoms with Crippen molar-refractivity contribution in [2.45, 2.75) is 51.0 Å². The number of ether oxygens (including phenoxy) is 1. The van der Waals surface area contributed by atoms with Gasteiger partial charge in [-0.05, 0) is 57.3 Å². The van der Waals surface area contributed by atoms with E-state index in [2.05, 4.69) is 11.0 Å². The van der Waals surface area contributed by atoms with Crippen molar-refractivity contribution in [2.75, 3.05) is 44.2 Å². The van der Waals surface area contributed by atoms with Gasteiger partial charge in [0.1, 0.15) is 5.82 Å². The highest BCUT2D eigenvalue weighted by atomic mass is 19.1. The minimum atomic E-state index is -0.269. The quantitative estimate of drug-likeness (QED) is 0.634. The summed E-state index contributed by atoms with van der Waals surface area (Å²) in [5, 5.41) is 0. The molecule has 2 saturated heterocycles. The predicted octanol–water partition coefficient (Wildman–Crippen LogP) is 4.81. The van der Waals surface area contributed by atoms with Gasteiger partial charge in [0.25, 0.3) is 0 Å². The van der Waals surface area contributed by atoms with Crippen molar-refractivity contribution < 1.29 is 18.7 Å². The van der Waals surface area contributed by atoms with E-state index in [0.717, 1.165) is 63.1 Å². The average Bonchev–Trinajstić information content (AvgIpc) is 3.20. The Morgan fingerprint density at radius 2 is 1.69 bits per heavy atom. The SMILES string of the molecule is CCOC(=O)N1CCC(N2CCC3(CC2)CN(C(C)=O)c2c(-c4ccccc4F)cccc23)CC1. The molecule has 0 radical (unpaired) electrons. The van der Waals surface area contributed by atoms with Crippen LogP contribution in [-0.4, -0.2) is 67.2 Å². The summed E-state index contributed by atoms with van der Waals surface area (Å²) in [6.45, 7) is 7.88. The van der Waals surface area contributed by atoms with E-state index in [4.69, 9.17) is 4.74 Å². The van der Waals surface area contributed by atoms with Gasteiger partial charge >= 0.3 is 6.09 Å². The number of likely N-dealkylation sites (tertiary alicyclic amines) is 2. The maximum absolute atomic E-state index is 14.7. The van der Waals surface area contributed by atoms with Gasteiger partial charge in [0, 0.05) is 49.1 Å². The summed E-state index contributed by atoms with van der Waals surface area (Å²) in [5.74, 6) is -0.269. The van der Waals surface area contributed by atoms with Gasteiger partial charge in [-0.1, -0.05) is 36.4 Å². The Kier molecular flexibility index (Phi) is 6.53. The second kappa shape index (κ2) is 9.61. The Morgan fingerprint density at radius 1 is 1.00 bits per heavy atom. The summed E-state index contributed by atoms with van der Waals surface area (Å²) < 4.78 is 19.9. The molecule has 2 aromatic carbocycles. The monoisotopic (exact) mass is 479 g/mol. The lowest BCUT2D eigenvalue weighted by atomic mass is 9.73. The van der Waals surface area contributed by atoms with Crippen LogP contribution in [0.2, 0.25) is 0 Å². The van der Waals surface area contributed by atoms with Crippen molar-refractivity contribution in [1.29, 1.82) is 0 Å². The Morgan fingerprint density at radius 3 is 2.34 bits per heavy atom. The predicted molar refractivity (Wildman–Crippen MR) is 134 cm³/mol. The smallest absolute Gasteiger partial charge is 0.409 e. The standard InChI is InChI=1S/C28H34FN3O3/c1-3-35-27(34)31-15-11-21(12-16-31)30-17-13-28(14-18-30)19-32(20(2)33)26-23(8-6-9-24(26)28)22-7-4-5-10-25(22)29/h4-10,21H,3,11-19H2,1-2H3. The van der Waals surface area contributed by atoms with Crippen LogP contribution < -0.4 is 4.90 Å². The highest BCUT2D eigenvalue weighted by Crippen LogP contribution is 2.51. The molecular weight excluding hydrogens is 445 g/mol. The van der Waals surface area contributed by atoms with E-state index < -0.39 is 0 Å². The molecule has 0 atom stereocenters. The maximum atomic E-state index is 14.7. The molecule has 0 aliphatic carbocycles. The number of carbonyl (C=O) groups excluding carboxylic acids is 2. The lowest BCUT2D eigenvalue weighted by Gasteiger charge is -2.45. The number of piperidine rings is 2. The minimum Gasteiger partial charge on any atom is -0.450 e. The van der Waals surface area contributed by atoms with Crippen molar-refractivity contribution in [2.24, 2.45) is 0 Å². The van der Waals surface area contributed by atoms with Crippen molar-refractivity contribution in [3.05, 3.63) is 53.8 Å². The third-order valence-corrected chi connectivity index (χ3v) is 8.14. The van der Waals surface area contributed by atoms with Crippen molar-refractivity contribution >= 4 is 17.7 Å². The van der Waals surface area contributed by atoms with Gasteiger partial charge in [0.15, 0.2) is 0 Å². The number of rotatable bonds is 3. The van der Waals surface area contributed by atoms with Crippen LogP contribution in [0.3, 0.4) is 0 Å². The first-order valence-electron chi connectivity index (χ1n) is 12.8. The number of hydrogen-bond donors (Lipinski definition) is 0. The van der Waals surface area contributed by atoms with Crippen LogP contribution in [0.1, 0.15) is 45.1 Å². The van der Waals surface area contributed by atoms with Crippen LogP contribution in [0, 0.1) is 5.82 Å². The summed E-state index contributed by atoms with van der Waals surface area (Å²) in [6.07, 6.45) is 3.63. The van der Waals surface area contributed by atoms with Crippen molar-refractivity contribution in [3.63, 3.8) is 0 Å². The van der Waals surface area contributed by atoms with E-state index in [1.54, 1.807) is 19.1 Å². The Bertz CT molecular complexity index is 1100. The number of nitrogens with zero attached hydrogens (tertiary/aromatic N) is 3. The zero-order valence-electron chi connectivity index (χ0n) is 20.6. The molecule has 0 N–H and O–H groups in total. The van der Waals surface area contributed by atoms with E-state index >= 15 is 0 Å². The lowest BCUT2D eigenvalue weighted by Crippen LogP contribution is -2.52. The van der Waals surface area contributed by atoms with Crippen LogP contribution in [-0.2, 0) is 14.9 Å². The zero-order valence-corrected chi connectivity index (χ0v) is 20.6. The molecule has 3 aliphatic rings. The first-order chi connectivity index (χ1) is 16.9. The maximum Gasteiger partial charge on any atom is 0.409 e. The number of fused-ring (bicyclic) bond motifs is 2. The van der Waals surface area contributed by atoms with Gasteiger partial charge in [0.05, 0.1) is 12.3 Å². The number of amides is 2. The number of halogens is 1. The third-order valence-electron chi connectivity index (χ3n) is 8.14. The molecule has 2 fully saturated rings. The second-order valence-corrected chi connectivity index (χ2v) is 10.0. The summed E-state index contributed by atoms with van der Waals surface area (Å²) in [4.78, 5) is 31.0. The minimum absolute atomic E-state index is 0.000631. The van der Waals surface area contributed by atoms with Gasteiger partial charge in [-0.2, -0.15) is 0 Å². The van der Waals surface area contributed by atoms with Crippen LogP contribution in [0.15, 0.2) is 42.5 Å². The fourth-order valence-electron chi connectivity index (χ4n) is 6.27. The lowest BCUT2D eigenvalue weighted by molar-refractivity contribution is -0.116. The number of benzene rings is 2. The molecule has 186 valence electrons. The van der Waals surface area contributed by atoms with Crippen LogP contribution in [0.4, 0.5) is 14.9 Å². The molecule has 1 spiro atoms. The molecule has 0 saturated carbocycles. The Balaban J connectivity index is 1.35. The molecular formula is C28H34FN3O3. The fourth-order valence-corrected chi connectivity index (χ4v) is 6.27. The van der Waals surface area contributed by atoms with Gasteiger partial charge in [-0.25, -0.2) is 9.18 Å². The van der Waals surface area contributed by atoms with Crippen LogP contribution in [0.5, 0.6) is 0 Å². The van der Waals surface area contributed by atoms with Gasteiger partial charge in [-0.15, -0.1) is 0 Å². The molecule has 7 heteroatoms. The van der Waals surface area contributed by atoms with E-state index in [1.165, 1.54) is 11.6 Å². The van der Waals surface area contributed by atoms with Crippen LogP contribution >= 0.6 is 0 Å². The molecule has 35 heavy (non-hydrogen) atoms. The highest BCUT2D eigenvalue weighted by molar-refractivity contribution is 6.00. The van der Waals surface area contributed by atoms with Crippen molar-refractivity contribution in [3.8, 4) is 11.1 Å². The molecule has 3 heterocycles. The van der Waals surface area contributed by atoms with E-state index in [9.17, 15) is 14.0 Å². The number of hydrogen-bond acceptors (Lipinski definition) is 4. The number of para-hydroxylation sites is 1. The second-order valence-electron chi connectivity index (χ2n) is 10.0. The molecule has 0 unspecified atom stereocenters. The Labute approximate surface area is 206 Å². The fraction of sp³-hybridized carbons (Fsp3) is 0.500. The summed E-state index contributed by atoms with van der Waals surface area (Å²) in [6, 6.07) is 13.3. The molecule has 3 aliphatic heterocycles. The van der Waals surface area contributed by atoms with E-state index in [0.29, 0.717) is 24.8 Å². The van der Waals surface area contributed by atoms with Gasteiger partial charge < -0.3 is 19.4 Å². The average molecular weight is 480 g/mol. The summed E-state index contributed by atoms with van der Waals surface area (Å²) in [7, 11) is 0. The molecule has 2 amide bonds. The summed E-state index contributed by atoms with van der Waals surface area (Å²) >= 11 is 0. The van der Waals surface area contributed by atoms with Crippen molar-refractivity contribution in [1.82, 2.24) is 9.80 Å². The topological polar surface area (TPSA) is 53.1 Å². The molecule has 0 aromatic heterocycles. The molecule has 2 aromatic rings. The molecule has 5 rings (SSSR count). The van der Waals surface area contributed by atoms with E-state index in [1.807, 2.05) is 34.9 Å². The Hall–Kier alpha value is -2.93. The number of anilines is 1. The van der Waals surface area contributed by atoms with E-state index in [-0.39, 0.29) is 23.2 Å². The number of carbonyl (C=O) groups is 2. The summed E-state index contributed by atoms with van der Waals surface area (Å²) in [5.41, 5.74) is 3.27. The van der Waals surface area contributed by atoms with Crippen LogP contribution in [0.25, 0.3) is 11.1 Å². The third kappa shape index (κ3) is 4.31. The molecule has 6 nitrogen and oxygen atoms in total. The van der Waals surface area contributed by atoms with Gasteiger partial charge in [0.2, 0.25) is 5.91 Å². The molecule has 0 bridgehead atoms.